The van der Waals surface area contributed by atoms with Crippen LogP contribution in [-0.2, 0) is 0 Å². The van der Waals surface area contributed by atoms with Crippen LogP contribution in [0.25, 0.3) is 0 Å². The molecule has 16 nitrogen and oxygen atoms in total. The first-order valence-corrected chi connectivity index (χ1v) is 11.7. The van der Waals surface area contributed by atoms with Gasteiger partial charge in [0.1, 0.15) is 20.5 Å². The van der Waals surface area contributed by atoms with Gasteiger partial charge in [-0.05, 0) is 24.3 Å². The van der Waals surface area contributed by atoms with E-state index in [2.05, 4.69) is 20.2 Å². The minimum atomic E-state index is -0.913. The number of aromatic nitrogens is 2. The van der Waals surface area contributed by atoms with E-state index in [4.69, 9.17) is 23.2 Å². The number of hydrogen-bond acceptors (Lipinski definition) is 8. The summed E-state index contributed by atoms with van der Waals surface area (Å²) in [6.45, 7) is 0.839. The van der Waals surface area contributed by atoms with Crippen LogP contribution in [-0.4, -0.2) is 103 Å². The number of nitrogens with zero attached hydrogens (tertiary/aromatic N) is 10. The van der Waals surface area contributed by atoms with Gasteiger partial charge in [0.05, 0.1) is 11.1 Å². The van der Waals surface area contributed by atoms with Crippen molar-refractivity contribution in [1.29, 1.82) is 0 Å². The minimum Gasteiger partial charge on any atom is -0.334 e. The molecule has 2 aromatic heterocycles. The van der Waals surface area contributed by atoms with Gasteiger partial charge in [-0.1, -0.05) is 23.2 Å². The lowest BCUT2D eigenvalue weighted by molar-refractivity contribution is -0.486. The standard InChI is InChI=1S/C20H18Cl2N10O6/c21-15-3-1-13(11-23-15)17(33)29-9-7-27(19(29)25-31(35)36)5-6-28-8-10-30(20(28)26-32(37)38)18(34)14-2-4-16(22)24-12-14/h1-4,11-12H,5-10H2. The molecule has 198 valence electrons. The SMILES string of the molecule is O=C(c1ccc(Cl)nc1)N1CCN(CCN2CCN(C(=O)c3ccc(Cl)nc3)C2=N[N+](=O)[O-])C1=N[N+](=O)[O-]. The van der Waals surface area contributed by atoms with Gasteiger partial charge in [0.15, 0.2) is 10.1 Å². The molecule has 2 aromatic rings. The molecule has 38 heavy (non-hydrogen) atoms. The van der Waals surface area contributed by atoms with E-state index in [1.165, 1.54) is 46.5 Å². The van der Waals surface area contributed by atoms with Crippen LogP contribution in [0.15, 0.2) is 46.9 Å². The number of amides is 2. The van der Waals surface area contributed by atoms with Crippen LogP contribution < -0.4 is 0 Å². The Morgan fingerprint density at radius 2 is 1.16 bits per heavy atom. The van der Waals surface area contributed by atoms with Crippen LogP contribution in [0.3, 0.4) is 0 Å². The zero-order valence-corrected chi connectivity index (χ0v) is 20.9. The second kappa shape index (κ2) is 11.3. The Morgan fingerprint density at radius 3 is 1.47 bits per heavy atom. The molecule has 2 saturated heterocycles. The molecule has 0 aromatic carbocycles. The van der Waals surface area contributed by atoms with Crippen molar-refractivity contribution in [3.05, 3.63) is 78.3 Å². The molecule has 2 aliphatic rings. The van der Waals surface area contributed by atoms with Crippen molar-refractivity contribution in [1.82, 2.24) is 29.6 Å². The van der Waals surface area contributed by atoms with Crippen molar-refractivity contribution in [2.75, 3.05) is 39.3 Å². The number of hydrogen-bond donors (Lipinski definition) is 0. The molecule has 2 fully saturated rings. The fourth-order valence-electron chi connectivity index (χ4n) is 3.93. The molecule has 0 spiro atoms. The minimum absolute atomic E-state index is 0.0938. The average molecular weight is 565 g/mol. The van der Waals surface area contributed by atoms with Crippen molar-refractivity contribution >= 4 is 46.9 Å². The van der Waals surface area contributed by atoms with E-state index in [1.54, 1.807) is 0 Å². The molecule has 4 heterocycles. The number of halogens is 2. The van der Waals surface area contributed by atoms with Gasteiger partial charge < -0.3 is 9.80 Å². The average Bonchev–Trinajstić information content (AvgIpc) is 3.45. The predicted octanol–water partition coefficient (Wildman–Crippen LogP) is 1.09. The Kier molecular flexibility index (Phi) is 7.92. The monoisotopic (exact) mass is 564 g/mol. The smallest absolute Gasteiger partial charge is 0.281 e. The molecule has 0 atom stereocenters. The quantitative estimate of drug-likeness (QED) is 0.268. The first-order chi connectivity index (χ1) is 18.1. The van der Waals surface area contributed by atoms with Gasteiger partial charge in [-0.25, -0.2) is 30.2 Å². The highest BCUT2D eigenvalue weighted by molar-refractivity contribution is 6.29. The van der Waals surface area contributed by atoms with Crippen LogP contribution >= 0.6 is 23.2 Å². The summed E-state index contributed by atoms with van der Waals surface area (Å²) >= 11 is 11.5. The third kappa shape index (κ3) is 5.92. The third-order valence-electron chi connectivity index (χ3n) is 5.66. The number of nitro groups is 2. The molecule has 0 unspecified atom stereocenters. The Balaban J connectivity index is 1.49. The number of carbonyl (C=O) groups is 2. The maximum absolute atomic E-state index is 13.0. The summed E-state index contributed by atoms with van der Waals surface area (Å²) in [7, 11) is 0. The van der Waals surface area contributed by atoms with Crippen molar-refractivity contribution in [3.63, 3.8) is 0 Å². The molecule has 0 saturated carbocycles. The Labute approximate surface area is 224 Å². The van der Waals surface area contributed by atoms with Gasteiger partial charge in [-0.15, -0.1) is 0 Å². The lowest BCUT2D eigenvalue weighted by Crippen LogP contribution is -2.43. The van der Waals surface area contributed by atoms with E-state index < -0.39 is 21.9 Å². The highest BCUT2D eigenvalue weighted by atomic mass is 35.5. The summed E-state index contributed by atoms with van der Waals surface area (Å²) in [5, 5.41) is 27.8. The third-order valence-corrected chi connectivity index (χ3v) is 6.10. The number of guanidine groups is 2. The molecule has 4 rings (SSSR count). The second-order valence-corrected chi connectivity index (χ2v) is 8.68. The number of carbonyl (C=O) groups excluding carboxylic acids is 2. The number of rotatable bonds is 7. The molecule has 2 aliphatic heterocycles. The molecule has 0 radical (unpaired) electrons. The largest absolute Gasteiger partial charge is 0.334 e. The van der Waals surface area contributed by atoms with E-state index in [0.717, 1.165) is 9.80 Å². The molecule has 18 heteroatoms. The number of pyridine rings is 2. The summed E-state index contributed by atoms with van der Waals surface area (Å²) in [6, 6.07) is 5.72. The highest BCUT2D eigenvalue weighted by Crippen LogP contribution is 2.18. The van der Waals surface area contributed by atoms with Gasteiger partial charge >= 0.3 is 0 Å². The van der Waals surface area contributed by atoms with E-state index >= 15 is 0 Å². The summed E-state index contributed by atoms with van der Waals surface area (Å²) in [6.07, 6.45) is 2.51. The maximum Gasteiger partial charge on any atom is 0.281 e. The van der Waals surface area contributed by atoms with E-state index in [1.807, 2.05) is 0 Å². The van der Waals surface area contributed by atoms with E-state index in [-0.39, 0.29) is 72.6 Å². The molecule has 0 bridgehead atoms. The summed E-state index contributed by atoms with van der Waals surface area (Å²) in [4.78, 5) is 61.4. The lowest BCUT2D eigenvalue weighted by Gasteiger charge is -2.24. The van der Waals surface area contributed by atoms with Gasteiger partial charge in [0.25, 0.3) is 23.7 Å². The summed E-state index contributed by atoms with van der Waals surface area (Å²) in [5.74, 6) is -1.49. The van der Waals surface area contributed by atoms with Gasteiger partial charge in [0.2, 0.25) is 0 Å². The van der Waals surface area contributed by atoms with Crippen LogP contribution in [0.4, 0.5) is 0 Å². The highest BCUT2D eigenvalue weighted by Gasteiger charge is 2.38. The fourth-order valence-corrected chi connectivity index (χ4v) is 4.15. The van der Waals surface area contributed by atoms with Crippen molar-refractivity contribution < 1.29 is 19.7 Å². The molecule has 2 amide bonds. The summed E-state index contributed by atoms with van der Waals surface area (Å²) in [5.41, 5.74) is 0.330. The zero-order chi connectivity index (χ0) is 27.4. The van der Waals surface area contributed by atoms with Gasteiger partial charge in [-0.3, -0.25) is 19.4 Å². The van der Waals surface area contributed by atoms with E-state index in [9.17, 15) is 29.8 Å². The van der Waals surface area contributed by atoms with Crippen LogP contribution in [0, 0.1) is 20.2 Å². The molecular formula is C20H18Cl2N10O6. The Bertz CT molecular complexity index is 1220. The Hall–Kier alpha value is -4.44. The molecule has 0 aliphatic carbocycles. The molecular weight excluding hydrogens is 547 g/mol. The normalized spacial score (nSPS) is 17.5. The van der Waals surface area contributed by atoms with Crippen molar-refractivity contribution in [2.45, 2.75) is 0 Å². The first-order valence-electron chi connectivity index (χ1n) is 11.0. The van der Waals surface area contributed by atoms with Crippen LogP contribution in [0.5, 0.6) is 0 Å². The number of hydrazone groups is 2. The maximum atomic E-state index is 13.0. The van der Waals surface area contributed by atoms with Crippen LogP contribution in [0.2, 0.25) is 10.3 Å². The van der Waals surface area contributed by atoms with Gasteiger partial charge in [0, 0.05) is 51.7 Å². The first kappa shape index (κ1) is 26.6. The second-order valence-electron chi connectivity index (χ2n) is 7.90. The van der Waals surface area contributed by atoms with Crippen molar-refractivity contribution in [2.24, 2.45) is 10.2 Å². The van der Waals surface area contributed by atoms with E-state index in [0.29, 0.717) is 0 Å². The van der Waals surface area contributed by atoms with Crippen molar-refractivity contribution in [3.8, 4) is 0 Å². The zero-order valence-electron chi connectivity index (χ0n) is 19.4. The van der Waals surface area contributed by atoms with Gasteiger partial charge in [-0.2, -0.15) is 0 Å². The lowest BCUT2D eigenvalue weighted by atomic mass is 10.2. The molecule has 0 N–H and O–H groups in total. The fraction of sp³-hybridized carbons (Fsp3) is 0.300. The Morgan fingerprint density at radius 1 is 0.763 bits per heavy atom. The summed E-state index contributed by atoms with van der Waals surface area (Å²) < 4.78 is 0. The van der Waals surface area contributed by atoms with Crippen LogP contribution in [0.1, 0.15) is 20.7 Å². The predicted molar refractivity (Wildman–Crippen MR) is 133 cm³/mol. The topological polar surface area (TPSA) is 184 Å².